The minimum atomic E-state index is -0.177. The first-order chi connectivity index (χ1) is 13.9. The summed E-state index contributed by atoms with van der Waals surface area (Å²) in [6.07, 6.45) is 1.61. The largest absolute Gasteiger partial charge is 0.496 e. The molecule has 1 N–H and O–H groups in total. The number of halogens is 1. The number of nitrogens with one attached hydrogen (secondary N) is 1. The van der Waals surface area contributed by atoms with Gasteiger partial charge in [-0.2, -0.15) is 0 Å². The van der Waals surface area contributed by atoms with Crippen molar-refractivity contribution in [2.24, 2.45) is 5.92 Å². The summed E-state index contributed by atoms with van der Waals surface area (Å²) >= 11 is 6.06. The van der Waals surface area contributed by atoms with E-state index in [4.69, 9.17) is 16.3 Å². The summed E-state index contributed by atoms with van der Waals surface area (Å²) in [5.41, 5.74) is 0.437. The van der Waals surface area contributed by atoms with E-state index < -0.39 is 0 Å². The van der Waals surface area contributed by atoms with Gasteiger partial charge in [0.05, 0.1) is 18.6 Å². The van der Waals surface area contributed by atoms with Crippen LogP contribution in [0.3, 0.4) is 0 Å². The molecule has 0 aliphatic carbocycles. The molecular formula is C20H30ClN3O3S2. The van der Waals surface area contributed by atoms with Gasteiger partial charge in [0.25, 0.3) is 5.91 Å². The highest BCUT2D eigenvalue weighted by Gasteiger charge is 2.30. The van der Waals surface area contributed by atoms with Gasteiger partial charge in [0.2, 0.25) is 5.91 Å². The first kappa shape index (κ1) is 24.2. The van der Waals surface area contributed by atoms with E-state index in [9.17, 15) is 9.59 Å². The van der Waals surface area contributed by atoms with Crippen LogP contribution in [0.5, 0.6) is 5.75 Å². The second-order valence-electron chi connectivity index (χ2n) is 7.17. The fourth-order valence-corrected chi connectivity index (χ4v) is 5.30. The van der Waals surface area contributed by atoms with Crippen LogP contribution >= 0.6 is 33.2 Å². The maximum atomic E-state index is 13.0. The van der Waals surface area contributed by atoms with E-state index in [0.29, 0.717) is 36.0 Å². The van der Waals surface area contributed by atoms with E-state index >= 15 is 0 Å². The quantitative estimate of drug-likeness (QED) is 0.428. The summed E-state index contributed by atoms with van der Waals surface area (Å²) in [5, 5.41) is 3.50. The molecule has 1 heterocycles. The molecule has 1 unspecified atom stereocenters. The molecule has 0 aromatic heterocycles. The van der Waals surface area contributed by atoms with Crippen LogP contribution in [0.15, 0.2) is 18.2 Å². The lowest BCUT2D eigenvalue weighted by molar-refractivity contribution is -0.126. The minimum Gasteiger partial charge on any atom is -0.496 e. The number of rotatable bonds is 10. The van der Waals surface area contributed by atoms with Gasteiger partial charge in [-0.05, 0) is 45.1 Å². The molecule has 0 spiro atoms. The van der Waals surface area contributed by atoms with E-state index in [2.05, 4.69) is 24.3 Å². The summed E-state index contributed by atoms with van der Waals surface area (Å²) in [5.74, 6) is 2.14. The van der Waals surface area contributed by atoms with Crippen molar-refractivity contribution in [2.45, 2.75) is 12.8 Å². The molecule has 2 rings (SSSR count). The van der Waals surface area contributed by atoms with Crippen LogP contribution in [0.2, 0.25) is 5.02 Å². The predicted octanol–water partition coefficient (Wildman–Crippen LogP) is 3.26. The van der Waals surface area contributed by atoms with Crippen LogP contribution in [0.25, 0.3) is 0 Å². The topological polar surface area (TPSA) is 61.9 Å². The predicted molar refractivity (Wildman–Crippen MR) is 123 cm³/mol. The number of hydrogen-bond acceptors (Lipinski definition) is 6. The number of amides is 2. The lowest BCUT2D eigenvalue weighted by atomic mass is 9.96. The Morgan fingerprint density at radius 2 is 2.07 bits per heavy atom. The van der Waals surface area contributed by atoms with Crippen molar-refractivity contribution in [1.29, 1.82) is 0 Å². The van der Waals surface area contributed by atoms with Crippen LogP contribution in [0.1, 0.15) is 23.2 Å². The number of hydrogen-bond donors (Lipinski definition) is 1. The smallest absolute Gasteiger partial charge is 0.257 e. The number of carbonyl (C=O) groups excluding carboxylic acids is 2. The van der Waals surface area contributed by atoms with Crippen molar-refractivity contribution in [3.63, 3.8) is 0 Å². The second kappa shape index (κ2) is 12.6. The molecule has 1 aliphatic rings. The Hall–Kier alpha value is -1.09. The average molecular weight is 460 g/mol. The third-order valence-corrected chi connectivity index (χ3v) is 7.28. The average Bonchev–Trinajstić information content (AvgIpc) is 2.72. The molecule has 29 heavy (non-hydrogen) atoms. The Kier molecular flexibility index (Phi) is 10.5. The number of likely N-dealkylation sites (tertiary alicyclic amines) is 1. The highest BCUT2D eigenvalue weighted by molar-refractivity contribution is 8.76. The third-order valence-electron chi connectivity index (χ3n) is 4.66. The number of carbonyl (C=O) groups is 2. The van der Waals surface area contributed by atoms with Crippen molar-refractivity contribution in [2.75, 3.05) is 58.9 Å². The highest BCUT2D eigenvalue weighted by Crippen LogP contribution is 2.26. The maximum Gasteiger partial charge on any atom is 0.257 e. The van der Waals surface area contributed by atoms with Crippen LogP contribution in [-0.4, -0.2) is 80.5 Å². The lowest BCUT2D eigenvalue weighted by Crippen LogP contribution is -2.45. The van der Waals surface area contributed by atoms with Gasteiger partial charge in [0.1, 0.15) is 5.75 Å². The summed E-state index contributed by atoms with van der Waals surface area (Å²) in [6.45, 7) is 2.75. The Labute approximate surface area is 186 Å². The molecule has 9 heteroatoms. The lowest BCUT2D eigenvalue weighted by Gasteiger charge is -2.32. The minimum absolute atomic E-state index is 0.0273. The SMILES string of the molecule is COc1ccc(Cl)cc1C(=O)N1CCCC(C(=O)NCCSSCCN(C)C)C1. The molecule has 0 saturated carbocycles. The molecule has 1 saturated heterocycles. The van der Waals surface area contributed by atoms with Gasteiger partial charge in [-0.1, -0.05) is 33.2 Å². The highest BCUT2D eigenvalue weighted by atomic mass is 35.5. The molecule has 2 amide bonds. The Balaban J connectivity index is 1.80. The van der Waals surface area contributed by atoms with Crippen LogP contribution in [0, 0.1) is 5.92 Å². The molecule has 0 bridgehead atoms. The normalized spacial score (nSPS) is 16.7. The molecular weight excluding hydrogens is 430 g/mol. The Morgan fingerprint density at radius 1 is 1.31 bits per heavy atom. The first-order valence-corrected chi connectivity index (χ1v) is 12.6. The zero-order valence-electron chi connectivity index (χ0n) is 17.3. The van der Waals surface area contributed by atoms with E-state index in [1.165, 1.54) is 7.11 Å². The van der Waals surface area contributed by atoms with Gasteiger partial charge in [0, 0.05) is 42.7 Å². The van der Waals surface area contributed by atoms with Gasteiger partial charge in [-0.15, -0.1) is 0 Å². The van der Waals surface area contributed by atoms with Crippen molar-refractivity contribution >= 4 is 45.0 Å². The number of nitrogens with zero attached hydrogens (tertiary/aromatic N) is 2. The van der Waals surface area contributed by atoms with Crippen molar-refractivity contribution in [3.8, 4) is 5.75 Å². The fourth-order valence-electron chi connectivity index (χ4n) is 3.09. The third kappa shape index (κ3) is 7.92. The van der Waals surface area contributed by atoms with E-state index in [-0.39, 0.29) is 17.7 Å². The van der Waals surface area contributed by atoms with Gasteiger partial charge < -0.3 is 19.9 Å². The van der Waals surface area contributed by atoms with Crippen LogP contribution in [-0.2, 0) is 4.79 Å². The number of benzene rings is 1. The molecule has 1 aromatic rings. The maximum absolute atomic E-state index is 13.0. The second-order valence-corrected chi connectivity index (χ2v) is 10.3. The van der Waals surface area contributed by atoms with E-state index in [0.717, 1.165) is 30.9 Å². The molecule has 1 aromatic carbocycles. The number of methoxy groups -OCH3 is 1. The summed E-state index contributed by atoms with van der Waals surface area (Å²) in [7, 11) is 9.25. The number of piperidine rings is 1. The van der Waals surface area contributed by atoms with Crippen LogP contribution < -0.4 is 10.1 Å². The number of ether oxygens (including phenoxy) is 1. The summed E-state index contributed by atoms with van der Waals surface area (Å²) in [4.78, 5) is 29.4. The molecule has 0 radical (unpaired) electrons. The van der Waals surface area contributed by atoms with Gasteiger partial charge in [0.15, 0.2) is 0 Å². The van der Waals surface area contributed by atoms with Crippen molar-refractivity contribution < 1.29 is 14.3 Å². The molecule has 1 aliphatic heterocycles. The van der Waals surface area contributed by atoms with E-state index in [1.807, 2.05) is 10.8 Å². The van der Waals surface area contributed by atoms with Gasteiger partial charge in [-0.25, -0.2) is 0 Å². The van der Waals surface area contributed by atoms with Crippen molar-refractivity contribution in [3.05, 3.63) is 28.8 Å². The Morgan fingerprint density at radius 3 is 2.79 bits per heavy atom. The van der Waals surface area contributed by atoms with Gasteiger partial charge >= 0.3 is 0 Å². The summed E-state index contributed by atoms with van der Waals surface area (Å²) in [6, 6.07) is 5.01. The molecule has 6 nitrogen and oxygen atoms in total. The molecule has 1 fully saturated rings. The van der Waals surface area contributed by atoms with Crippen LogP contribution in [0.4, 0.5) is 0 Å². The molecule has 162 valence electrons. The zero-order valence-corrected chi connectivity index (χ0v) is 19.7. The summed E-state index contributed by atoms with van der Waals surface area (Å²) < 4.78 is 5.30. The van der Waals surface area contributed by atoms with E-state index in [1.54, 1.807) is 33.9 Å². The first-order valence-electron chi connectivity index (χ1n) is 9.72. The molecule has 1 atom stereocenters. The fraction of sp³-hybridized carbons (Fsp3) is 0.600. The monoisotopic (exact) mass is 459 g/mol. The standard InChI is InChI=1S/C20H30ClN3O3S2/c1-23(2)10-12-29-28-11-8-22-19(25)15-5-4-9-24(14-15)20(26)17-13-16(21)6-7-18(17)27-3/h6-7,13,15H,4-5,8-12,14H2,1-3H3,(H,22,25). The van der Waals surface area contributed by atoms with Crippen molar-refractivity contribution in [1.82, 2.24) is 15.1 Å². The Bertz CT molecular complexity index is 691. The van der Waals surface area contributed by atoms with Gasteiger partial charge in [-0.3, -0.25) is 9.59 Å². The zero-order chi connectivity index (χ0) is 21.2.